The van der Waals surface area contributed by atoms with Crippen molar-refractivity contribution in [3.8, 4) is 0 Å². The molecule has 1 N–H and O–H groups in total. The number of para-hydroxylation sites is 1. The van der Waals surface area contributed by atoms with Crippen molar-refractivity contribution in [3.63, 3.8) is 0 Å². The Kier molecular flexibility index (Phi) is 6.15. The van der Waals surface area contributed by atoms with Crippen LogP contribution in [0.1, 0.15) is 12.0 Å². The van der Waals surface area contributed by atoms with Crippen LogP contribution in [0.4, 0.5) is 5.69 Å². The Hall–Kier alpha value is -1.66. The predicted octanol–water partition coefficient (Wildman–Crippen LogP) is 3.76. The fraction of sp³-hybridized carbons (Fsp3) is 0.167. The smallest absolute Gasteiger partial charge is 0.254 e. The second kappa shape index (κ2) is 8.10. The molecule has 2 aromatic carbocycles. The molecule has 2 aromatic rings. The van der Waals surface area contributed by atoms with Gasteiger partial charge in [0.05, 0.1) is 12.2 Å². The lowest BCUT2D eigenvalue weighted by Gasteiger charge is -2.25. The van der Waals surface area contributed by atoms with Gasteiger partial charge in [0.25, 0.3) is 5.91 Å². The number of anilines is 1. The summed E-state index contributed by atoms with van der Waals surface area (Å²) in [6, 6.07) is 17.6. The molecule has 4 heteroatoms. The van der Waals surface area contributed by atoms with E-state index in [2.05, 4.69) is 29.2 Å². The molecule has 0 aliphatic carbocycles. The topological polar surface area (TPSA) is 40.5 Å². The van der Waals surface area contributed by atoms with Crippen LogP contribution in [0.15, 0.2) is 66.7 Å². The molecule has 0 saturated heterocycles. The fourth-order valence-electron chi connectivity index (χ4n) is 2.14. The summed E-state index contributed by atoms with van der Waals surface area (Å²) < 4.78 is 1.00. The number of aliphatic hydroxyl groups excluding tert-OH is 1. The Labute approximate surface area is 144 Å². The van der Waals surface area contributed by atoms with E-state index in [-0.39, 0.29) is 18.9 Å². The Morgan fingerprint density at radius 1 is 1.09 bits per heavy atom. The van der Waals surface area contributed by atoms with Gasteiger partial charge >= 0.3 is 0 Å². The number of amides is 1. The lowest BCUT2D eigenvalue weighted by Crippen LogP contribution is -2.32. The SMILES string of the molecule is C=C(CCO)C(=O)N(Cc1ccccc1)c1ccccc1I. The second-order valence-electron chi connectivity index (χ2n) is 4.91. The molecular formula is C18H18INO2. The summed E-state index contributed by atoms with van der Waals surface area (Å²) in [4.78, 5) is 14.4. The monoisotopic (exact) mass is 407 g/mol. The molecule has 0 fully saturated rings. The van der Waals surface area contributed by atoms with E-state index >= 15 is 0 Å². The minimum absolute atomic E-state index is 0.0738. The maximum absolute atomic E-state index is 12.7. The number of halogens is 1. The maximum atomic E-state index is 12.7. The number of aliphatic hydroxyl groups is 1. The summed E-state index contributed by atoms with van der Waals surface area (Å²) in [6.45, 7) is 4.21. The third-order valence-electron chi connectivity index (χ3n) is 3.29. The van der Waals surface area contributed by atoms with Crippen LogP contribution < -0.4 is 4.90 Å². The fourth-order valence-corrected chi connectivity index (χ4v) is 2.81. The van der Waals surface area contributed by atoms with Gasteiger partial charge in [-0.25, -0.2) is 0 Å². The van der Waals surface area contributed by atoms with Crippen LogP contribution in [-0.4, -0.2) is 17.6 Å². The van der Waals surface area contributed by atoms with Crippen molar-refractivity contribution >= 4 is 34.2 Å². The van der Waals surface area contributed by atoms with Gasteiger partial charge in [-0.15, -0.1) is 0 Å². The summed E-state index contributed by atoms with van der Waals surface area (Å²) in [6.07, 6.45) is 0.285. The van der Waals surface area contributed by atoms with Crippen LogP contribution in [0.3, 0.4) is 0 Å². The zero-order valence-corrected chi connectivity index (χ0v) is 14.4. The summed E-state index contributed by atoms with van der Waals surface area (Å²) in [5.41, 5.74) is 2.32. The quantitative estimate of drug-likeness (QED) is 0.585. The van der Waals surface area contributed by atoms with Crippen molar-refractivity contribution in [1.82, 2.24) is 0 Å². The molecule has 2 rings (SSSR count). The van der Waals surface area contributed by atoms with Crippen LogP contribution in [0.25, 0.3) is 0 Å². The molecule has 0 aromatic heterocycles. The minimum atomic E-state index is -0.151. The first kappa shape index (κ1) is 16.7. The molecule has 3 nitrogen and oxygen atoms in total. The molecule has 114 valence electrons. The highest BCUT2D eigenvalue weighted by Crippen LogP contribution is 2.25. The number of benzene rings is 2. The summed E-state index contributed by atoms with van der Waals surface area (Å²) in [5, 5.41) is 9.05. The van der Waals surface area contributed by atoms with Gasteiger partial charge < -0.3 is 10.0 Å². The van der Waals surface area contributed by atoms with Crippen LogP contribution in [0.2, 0.25) is 0 Å². The number of hydrogen-bond donors (Lipinski definition) is 1. The van der Waals surface area contributed by atoms with Crippen LogP contribution in [0, 0.1) is 3.57 Å². The predicted molar refractivity (Wildman–Crippen MR) is 97.6 cm³/mol. The van der Waals surface area contributed by atoms with Gasteiger partial charge in [-0.1, -0.05) is 49.0 Å². The molecule has 0 aliphatic rings. The van der Waals surface area contributed by atoms with Gasteiger partial charge in [0, 0.05) is 22.2 Å². The van der Waals surface area contributed by atoms with E-state index in [4.69, 9.17) is 5.11 Å². The number of hydrogen-bond acceptors (Lipinski definition) is 2. The van der Waals surface area contributed by atoms with E-state index in [9.17, 15) is 4.79 Å². The summed E-state index contributed by atoms with van der Waals surface area (Å²) >= 11 is 2.22. The Balaban J connectivity index is 2.34. The van der Waals surface area contributed by atoms with E-state index in [1.807, 2.05) is 54.6 Å². The van der Waals surface area contributed by atoms with Gasteiger partial charge in [-0.2, -0.15) is 0 Å². The standard InChI is InChI=1S/C18H18INO2/c1-14(11-12-21)18(22)20(13-15-7-3-2-4-8-15)17-10-6-5-9-16(17)19/h2-10,21H,1,11-13H2. The third kappa shape index (κ3) is 4.18. The number of carbonyl (C=O) groups excluding carboxylic acids is 1. The zero-order chi connectivity index (χ0) is 15.9. The Bertz CT molecular complexity index is 655. The molecule has 22 heavy (non-hydrogen) atoms. The number of carbonyl (C=O) groups is 1. The normalized spacial score (nSPS) is 10.3. The maximum Gasteiger partial charge on any atom is 0.254 e. The van der Waals surface area contributed by atoms with Crippen LogP contribution in [-0.2, 0) is 11.3 Å². The van der Waals surface area contributed by atoms with Crippen molar-refractivity contribution in [2.75, 3.05) is 11.5 Å². The molecule has 0 spiro atoms. The lowest BCUT2D eigenvalue weighted by atomic mass is 10.1. The third-order valence-corrected chi connectivity index (χ3v) is 4.20. The van der Waals surface area contributed by atoms with Crippen LogP contribution in [0.5, 0.6) is 0 Å². The van der Waals surface area contributed by atoms with Gasteiger partial charge in [0.15, 0.2) is 0 Å². The Morgan fingerprint density at radius 2 is 1.73 bits per heavy atom. The van der Waals surface area contributed by atoms with Crippen molar-refractivity contribution < 1.29 is 9.90 Å². The molecule has 0 aliphatic heterocycles. The number of nitrogens with zero attached hydrogens (tertiary/aromatic N) is 1. The molecule has 0 unspecified atom stereocenters. The van der Waals surface area contributed by atoms with Crippen molar-refractivity contribution in [2.45, 2.75) is 13.0 Å². The molecule has 0 saturated carbocycles. The molecule has 1 amide bonds. The molecule has 0 atom stereocenters. The molecule has 0 bridgehead atoms. The van der Waals surface area contributed by atoms with E-state index in [0.717, 1.165) is 14.8 Å². The first-order valence-corrected chi connectivity index (χ1v) is 8.10. The van der Waals surface area contributed by atoms with E-state index < -0.39 is 0 Å². The largest absolute Gasteiger partial charge is 0.396 e. The van der Waals surface area contributed by atoms with Gasteiger partial charge in [0.2, 0.25) is 0 Å². The van der Waals surface area contributed by atoms with Gasteiger partial charge in [-0.05, 0) is 40.3 Å². The van der Waals surface area contributed by atoms with Gasteiger partial charge in [0.1, 0.15) is 0 Å². The minimum Gasteiger partial charge on any atom is -0.396 e. The molecule has 0 heterocycles. The van der Waals surface area contributed by atoms with E-state index in [1.54, 1.807) is 4.90 Å². The highest BCUT2D eigenvalue weighted by molar-refractivity contribution is 14.1. The zero-order valence-electron chi connectivity index (χ0n) is 12.2. The average molecular weight is 407 g/mol. The van der Waals surface area contributed by atoms with Crippen molar-refractivity contribution in [1.29, 1.82) is 0 Å². The second-order valence-corrected chi connectivity index (χ2v) is 6.07. The van der Waals surface area contributed by atoms with E-state index in [1.165, 1.54) is 0 Å². The molecular weight excluding hydrogens is 389 g/mol. The van der Waals surface area contributed by atoms with Crippen molar-refractivity contribution in [2.24, 2.45) is 0 Å². The van der Waals surface area contributed by atoms with Crippen LogP contribution >= 0.6 is 22.6 Å². The first-order valence-electron chi connectivity index (χ1n) is 7.02. The molecule has 0 radical (unpaired) electrons. The average Bonchev–Trinajstić information content (AvgIpc) is 2.54. The van der Waals surface area contributed by atoms with Crippen molar-refractivity contribution in [3.05, 3.63) is 75.9 Å². The summed E-state index contributed by atoms with van der Waals surface area (Å²) in [5.74, 6) is -0.151. The number of rotatable bonds is 6. The first-order chi connectivity index (χ1) is 10.6. The highest BCUT2D eigenvalue weighted by atomic mass is 127. The summed E-state index contributed by atoms with van der Waals surface area (Å²) in [7, 11) is 0. The van der Waals surface area contributed by atoms with Gasteiger partial charge in [-0.3, -0.25) is 4.79 Å². The Morgan fingerprint density at radius 3 is 2.36 bits per heavy atom. The van der Waals surface area contributed by atoms with E-state index in [0.29, 0.717) is 12.1 Å². The lowest BCUT2D eigenvalue weighted by molar-refractivity contribution is -0.115. The highest BCUT2D eigenvalue weighted by Gasteiger charge is 2.20.